The van der Waals surface area contributed by atoms with E-state index in [1.54, 1.807) is 0 Å². The first kappa shape index (κ1) is 13.5. The van der Waals surface area contributed by atoms with Crippen molar-refractivity contribution in [3.05, 3.63) is 35.9 Å². The molecule has 3 nitrogen and oxygen atoms in total. The molecular formula is C15H23NO2. The Morgan fingerprint density at radius 1 is 1.28 bits per heavy atom. The molecule has 18 heavy (non-hydrogen) atoms. The first-order valence-corrected chi connectivity index (χ1v) is 6.75. The third-order valence-electron chi connectivity index (χ3n) is 3.70. The second-order valence-corrected chi connectivity index (χ2v) is 5.28. The van der Waals surface area contributed by atoms with Crippen molar-refractivity contribution in [2.45, 2.75) is 31.3 Å². The Kier molecular flexibility index (Phi) is 4.75. The second kappa shape index (κ2) is 6.32. The molecule has 1 aliphatic heterocycles. The highest BCUT2D eigenvalue weighted by atomic mass is 16.5. The Hall–Kier alpha value is -0.900. The van der Waals surface area contributed by atoms with Gasteiger partial charge in [-0.15, -0.1) is 0 Å². The van der Waals surface area contributed by atoms with Crippen LogP contribution in [0.15, 0.2) is 30.3 Å². The lowest BCUT2D eigenvalue weighted by Gasteiger charge is -2.32. The molecule has 0 unspecified atom stereocenters. The van der Waals surface area contributed by atoms with Gasteiger partial charge >= 0.3 is 0 Å². The van der Waals surface area contributed by atoms with E-state index in [0.717, 1.165) is 19.4 Å². The van der Waals surface area contributed by atoms with Gasteiger partial charge < -0.3 is 15.2 Å². The number of nitrogens with one attached hydrogen (secondary N) is 1. The third kappa shape index (κ3) is 3.80. The second-order valence-electron chi connectivity index (χ2n) is 5.28. The smallest absolute Gasteiger partial charge is 0.0815 e. The van der Waals surface area contributed by atoms with Gasteiger partial charge in [-0.25, -0.2) is 0 Å². The van der Waals surface area contributed by atoms with Crippen molar-refractivity contribution in [1.82, 2.24) is 5.32 Å². The standard InChI is InChI=1S/C15H23NO2/c1-13(14-5-3-2-4-6-14)11-16-12-15(17)7-9-18-10-8-15/h2-6,13,16-17H,7-12H2,1H3/t13-/m1/s1. The van der Waals surface area contributed by atoms with E-state index in [2.05, 4.69) is 36.5 Å². The minimum absolute atomic E-state index is 0.467. The molecule has 1 atom stereocenters. The van der Waals surface area contributed by atoms with Crippen LogP contribution in [0.2, 0.25) is 0 Å². The van der Waals surface area contributed by atoms with Crippen LogP contribution in [0, 0.1) is 0 Å². The van der Waals surface area contributed by atoms with E-state index in [0.29, 0.717) is 25.7 Å². The van der Waals surface area contributed by atoms with E-state index >= 15 is 0 Å². The summed E-state index contributed by atoms with van der Waals surface area (Å²) in [6.45, 7) is 5.11. The topological polar surface area (TPSA) is 41.5 Å². The highest BCUT2D eigenvalue weighted by Crippen LogP contribution is 2.20. The summed E-state index contributed by atoms with van der Waals surface area (Å²) in [6.07, 6.45) is 1.47. The van der Waals surface area contributed by atoms with Crippen molar-refractivity contribution in [3.63, 3.8) is 0 Å². The Bertz CT molecular complexity index is 347. The Morgan fingerprint density at radius 3 is 2.61 bits per heavy atom. The maximum absolute atomic E-state index is 10.3. The molecule has 1 aromatic carbocycles. The molecule has 2 rings (SSSR count). The van der Waals surface area contributed by atoms with Crippen molar-refractivity contribution in [2.75, 3.05) is 26.3 Å². The molecule has 0 aromatic heterocycles. The molecule has 0 spiro atoms. The van der Waals surface area contributed by atoms with Gasteiger partial charge in [-0.2, -0.15) is 0 Å². The lowest BCUT2D eigenvalue weighted by atomic mass is 9.94. The maximum Gasteiger partial charge on any atom is 0.0815 e. The SMILES string of the molecule is C[C@H](CNCC1(O)CCOCC1)c1ccccc1. The van der Waals surface area contributed by atoms with Crippen LogP contribution in [0.5, 0.6) is 0 Å². The summed E-state index contributed by atoms with van der Waals surface area (Å²) in [6, 6.07) is 10.5. The van der Waals surface area contributed by atoms with E-state index in [9.17, 15) is 5.11 Å². The molecule has 0 saturated carbocycles. The van der Waals surface area contributed by atoms with Gasteiger partial charge in [0.25, 0.3) is 0 Å². The quantitative estimate of drug-likeness (QED) is 0.837. The van der Waals surface area contributed by atoms with Gasteiger partial charge in [0.05, 0.1) is 5.60 Å². The van der Waals surface area contributed by atoms with E-state index in [1.165, 1.54) is 5.56 Å². The van der Waals surface area contributed by atoms with E-state index in [4.69, 9.17) is 4.74 Å². The van der Waals surface area contributed by atoms with Crippen LogP contribution in [-0.4, -0.2) is 37.0 Å². The number of hydrogen-bond acceptors (Lipinski definition) is 3. The Morgan fingerprint density at radius 2 is 1.94 bits per heavy atom. The molecule has 0 bridgehead atoms. The van der Waals surface area contributed by atoms with Gasteiger partial charge in [0, 0.05) is 39.1 Å². The number of aliphatic hydroxyl groups is 1. The molecule has 1 saturated heterocycles. The maximum atomic E-state index is 10.3. The van der Waals surface area contributed by atoms with E-state index in [-0.39, 0.29) is 0 Å². The first-order valence-electron chi connectivity index (χ1n) is 6.75. The molecule has 100 valence electrons. The van der Waals surface area contributed by atoms with Crippen LogP contribution in [0.25, 0.3) is 0 Å². The molecule has 2 N–H and O–H groups in total. The number of rotatable bonds is 5. The van der Waals surface area contributed by atoms with Crippen molar-refractivity contribution in [1.29, 1.82) is 0 Å². The van der Waals surface area contributed by atoms with Crippen LogP contribution in [0.1, 0.15) is 31.2 Å². The summed E-state index contributed by atoms with van der Waals surface area (Å²) >= 11 is 0. The molecule has 0 radical (unpaired) electrons. The fourth-order valence-electron chi connectivity index (χ4n) is 2.35. The Labute approximate surface area is 109 Å². The zero-order chi connectivity index (χ0) is 12.8. The summed E-state index contributed by atoms with van der Waals surface area (Å²) in [7, 11) is 0. The molecular weight excluding hydrogens is 226 g/mol. The van der Waals surface area contributed by atoms with Gasteiger partial charge in [0.15, 0.2) is 0 Å². The van der Waals surface area contributed by atoms with E-state index in [1.807, 2.05) is 6.07 Å². The van der Waals surface area contributed by atoms with Gasteiger partial charge in [-0.05, 0) is 11.5 Å². The zero-order valence-electron chi connectivity index (χ0n) is 11.1. The predicted molar refractivity (Wildman–Crippen MR) is 72.7 cm³/mol. The number of hydrogen-bond donors (Lipinski definition) is 2. The summed E-state index contributed by atoms with van der Waals surface area (Å²) in [5.74, 6) is 0.467. The summed E-state index contributed by atoms with van der Waals surface area (Å²) in [5, 5.41) is 13.7. The average Bonchev–Trinajstić information content (AvgIpc) is 2.40. The molecule has 1 heterocycles. The van der Waals surface area contributed by atoms with Crippen LogP contribution < -0.4 is 5.32 Å². The lowest BCUT2D eigenvalue weighted by molar-refractivity contribution is -0.0615. The van der Waals surface area contributed by atoms with Crippen molar-refractivity contribution < 1.29 is 9.84 Å². The van der Waals surface area contributed by atoms with Gasteiger partial charge in [0.1, 0.15) is 0 Å². The van der Waals surface area contributed by atoms with Crippen molar-refractivity contribution in [3.8, 4) is 0 Å². The highest BCUT2D eigenvalue weighted by Gasteiger charge is 2.29. The summed E-state index contributed by atoms with van der Waals surface area (Å²) in [5.41, 5.74) is 0.762. The fraction of sp³-hybridized carbons (Fsp3) is 0.600. The van der Waals surface area contributed by atoms with Crippen LogP contribution >= 0.6 is 0 Å². The monoisotopic (exact) mass is 249 g/mol. The van der Waals surface area contributed by atoms with Gasteiger partial charge in [-0.3, -0.25) is 0 Å². The number of ether oxygens (including phenoxy) is 1. The third-order valence-corrected chi connectivity index (χ3v) is 3.70. The summed E-state index contributed by atoms with van der Waals surface area (Å²) < 4.78 is 5.27. The lowest BCUT2D eigenvalue weighted by Crippen LogP contribution is -2.45. The van der Waals surface area contributed by atoms with Gasteiger partial charge in [0.2, 0.25) is 0 Å². The molecule has 0 aliphatic carbocycles. The normalized spacial score (nSPS) is 20.6. The first-order chi connectivity index (χ1) is 8.70. The molecule has 1 aromatic rings. The number of benzene rings is 1. The molecule has 1 aliphatic rings. The van der Waals surface area contributed by atoms with E-state index < -0.39 is 5.60 Å². The zero-order valence-corrected chi connectivity index (χ0v) is 11.1. The highest BCUT2D eigenvalue weighted by molar-refractivity contribution is 5.18. The Balaban J connectivity index is 1.75. The van der Waals surface area contributed by atoms with Crippen LogP contribution in [0.3, 0.4) is 0 Å². The van der Waals surface area contributed by atoms with Crippen molar-refractivity contribution in [2.24, 2.45) is 0 Å². The van der Waals surface area contributed by atoms with Crippen LogP contribution in [0.4, 0.5) is 0 Å². The molecule has 0 amide bonds. The largest absolute Gasteiger partial charge is 0.388 e. The van der Waals surface area contributed by atoms with Crippen molar-refractivity contribution >= 4 is 0 Å². The fourth-order valence-corrected chi connectivity index (χ4v) is 2.35. The minimum Gasteiger partial charge on any atom is -0.388 e. The molecule has 1 fully saturated rings. The predicted octanol–water partition coefficient (Wildman–Crippen LogP) is 1.92. The minimum atomic E-state index is -0.575. The molecule has 3 heteroatoms. The average molecular weight is 249 g/mol. The van der Waals surface area contributed by atoms with Crippen LogP contribution in [-0.2, 0) is 4.74 Å². The summed E-state index contributed by atoms with van der Waals surface area (Å²) in [4.78, 5) is 0. The van der Waals surface area contributed by atoms with Gasteiger partial charge in [-0.1, -0.05) is 37.3 Å².